The van der Waals surface area contributed by atoms with Crippen LogP contribution >= 0.6 is 0 Å². The minimum atomic E-state index is 0.474. The fourth-order valence-corrected chi connectivity index (χ4v) is 1.40. The van der Waals surface area contributed by atoms with Gasteiger partial charge in [0.1, 0.15) is 0 Å². The topological polar surface area (TPSA) is 25.8 Å². The monoisotopic (exact) mass is 178 g/mol. The van der Waals surface area contributed by atoms with E-state index in [0.29, 0.717) is 11.8 Å². The van der Waals surface area contributed by atoms with Gasteiger partial charge >= 0.3 is 0 Å². The summed E-state index contributed by atoms with van der Waals surface area (Å²) in [5, 5.41) is 0. The molecule has 0 radical (unpaired) electrons. The quantitative estimate of drug-likeness (QED) is 0.711. The Labute approximate surface area is 80.4 Å². The lowest BCUT2D eigenvalue weighted by Gasteiger charge is -2.11. The first-order valence-corrected chi connectivity index (χ1v) is 4.91. The third-order valence-electron chi connectivity index (χ3n) is 1.95. The van der Waals surface area contributed by atoms with Crippen LogP contribution < -0.4 is 0 Å². The smallest absolute Gasteiger partial charge is 0.0644 e. The fraction of sp³-hybridized carbons (Fsp3) is 0.636. The van der Waals surface area contributed by atoms with Crippen LogP contribution in [0.5, 0.6) is 0 Å². The Bertz CT molecular complexity index is 267. The number of hydrogen-bond acceptors (Lipinski definition) is 2. The van der Waals surface area contributed by atoms with Gasteiger partial charge < -0.3 is 0 Å². The van der Waals surface area contributed by atoms with Crippen LogP contribution in [0.15, 0.2) is 12.4 Å². The Balaban J connectivity index is 2.91. The van der Waals surface area contributed by atoms with Crippen LogP contribution in [0.2, 0.25) is 0 Å². The van der Waals surface area contributed by atoms with E-state index in [4.69, 9.17) is 0 Å². The third-order valence-corrected chi connectivity index (χ3v) is 1.95. The summed E-state index contributed by atoms with van der Waals surface area (Å²) >= 11 is 0. The zero-order valence-corrected chi connectivity index (χ0v) is 8.91. The lowest BCUT2D eigenvalue weighted by Crippen LogP contribution is -2.05. The van der Waals surface area contributed by atoms with Crippen molar-refractivity contribution >= 4 is 0 Å². The Morgan fingerprint density at radius 2 is 1.69 bits per heavy atom. The molecule has 1 aromatic rings. The van der Waals surface area contributed by atoms with Crippen LogP contribution in [0.4, 0.5) is 0 Å². The van der Waals surface area contributed by atoms with Gasteiger partial charge in [0, 0.05) is 12.4 Å². The summed E-state index contributed by atoms with van der Waals surface area (Å²) in [6.45, 7) is 8.74. The van der Waals surface area contributed by atoms with Crippen LogP contribution in [-0.4, -0.2) is 9.97 Å². The standard InChI is InChI=1S/C11H18N2/c1-8(2)7-10-11(9(3)4)13-6-5-12-10/h5-6,8-9H,7H2,1-4H3. The normalized spacial score (nSPS) is 11.2. The zero-order chi connectivity index (χ0) is 9.84. The molecule has 2 nitrogen and oxygen atoms in total. The molecule has 0 aliphatic heterocycles. The number of rotatable bonds is 3. The highest BCUT2D eigenvalue weighted by molar-refractivity contribution is 5.14. The summed E-state index contributed by atoms with van der Waals surface area (Å²) in [5.41, 5.74) is 2.31. The highest BCUT2D eigenvalue weighted by atomic mass is 14.8. The molecule has 0 atom stereocenters. The largest absolute Gasteiger partial charge is 0.258 e. The number of nitrogens with zero attached hydrogens (tertiary/aromatic N) is 2. The molecule has 1 heterocycles. The average Bonchev–Trinajstić information content (AvgIpc) is 2.03. The van der Waals surface area contributed by atoms with E-state index >= 15 is 0 Å². The van der Waals surface area contributed by atoms with E-state index in [1.54, 1.807) is 12.4 Å². The molecule has 0 spiro atoms. The summed E-state index contributed by atoms with van der Waals surface area (Å²) in [4.78, 5) is 8.75. The first kappa shape index (κ1) is 10.2. The highest BCUT2D eigenvalue weighted by Crippen LogP contribution is 2.16. The maximum atomic E-state index is 4.38. The van der Waals surface area contributed by atoms with Crippen LogP contribution in [0.1, 0.15) is 45.0 Å². The van der Waals surface area contributed by atoms with Gasteiger partial charge in [-0.3, -0.25) is 9.97 Å². The third kappa shape index (κ3) is 2.79. The second-order valence-corrected chi connectivity index (χ2v) is 4.14. The van der Waals surface area contributed by atoms with E-state index in [2.05, 4.69) is 37.7 Å². The highest BCUT2D eigenvalue weighted by Gasteiger charge is 2.09. The van der Waals surface area contributed by atoms with Gasteiger partial charge in [0.25, 0.3) is 0 Å². The predicted octanol–water partition coefficient (Wildman–Crippen LogP) is 2.80. The van der Waals surface area contributed by atoms with Crippen molar-refractivity contribution in [3.8, 4) is 0 Å². The molecule has 1 aromatic heterocycles. The minimum absolute atomic E-state index is 0.474. The van der Waals surface area contributed by atoms with E-state index in [-0.39, 0.29) is 0 Å². The second kappa shape index (κ2) is 4.35. The molecule has 0 fully saturated rings. The van der Waals surface area contributed by atoms with E-state index in [9.17, 15) is 0 Å². The summed E-state index contributed by atoms with van der Waals surface area (Å²) in [7, 11) is 0. The Morgan fingerprint density at radius 1 is 1.08 bits per heavy atom. The summed E-state index contributed by atoms with van der Waals surface area (Å²) in [6.07, 6.45) is 4.59. The van der Waals surface area contributed by atoms with Crippen LogP contribution in [0.3, 0.4) is 0 Å². The Kier molecular flexibility index (Phi) is 3.40. The molecule has 72 valence electrons. The lowest BCUT2D eigenvalue weighted by atomic mass is 10.0. The fourth-order valence-electron chi connectivity index (χ4n) is 1.40. The molecule has 0 aliphatic carbocycles. The Morgan fingerprint density at radius 3 is 2.23 bits per heavy atom. The molecule has 0 saturated carbocycles. The Hall–Kier alpha value is -0.920. The molecule has 13 heavy (non-hydrogen) atoms. The van der Waals surface area contributed by atoms with Gasteiger partial charge in [0.2, 0.25) is 0 Å². The van der Waals surface area contributed by atoms with E-state index in [0.717, 1.165) is 17.8 Å². The molecule has 0 aliphatic rings. The molecule has 0 bridgehead atoms. The summed E-state index contributed by atoms with van der Waals surface area (Å²) in [5.74, 6) is 1.12. The zero-order valence-electron chi connectivity index (χ0n) is 8.91. The molecule has 1 rings (SSSR count). The van der Waals surface area contributed by atoms with E-state index < -0.39 is 0 Å². The molecular formula is C11H18N2. The molecule has 0 saturated heterocycles. The van der Waals surface area contributed by atoms with Crippen LogP contribution in [0, 0.1) is 5.92 Å². The van der Waals surface area contributed by atoms with Gasteiger partial charge in [-0.2, -0.15) is 0 Å². The first-order chi connectivity index (χ1) is 6.11. The van der Waals surface area contributed by atoms with Gasteiger partial charge in [-0.1, -0.05) is 27.7 Å². The number of aromatic nitrogens is 2. The maximum absolute atomic E-state index is 4.38. The van der Waals surface area contributed by atoms with Gasteiger partial charge in [-0.05, 0) is 18.3 Å². The van der Waals surface area contributed by atoms with Crippen molar-refractivity contribution in [3.05, 3.63) is 23.8 Å². The molecule has 0 amide bonds. The van der Waals surface area contributed by atoms with Crippen molar-refractivity contribution in [1.29, 1.82) is 0 Å². The molecule has 0 unspecified atom stereocenters. The van der Waals surface area contributed by atoms with Crippen molar-refractivity contribution in [2.24, 2.45) is 5.92 Å². The van der Waals surface area contributed by atoms with Crippen molar-refractivity contribution in [1.82, 2.24) is 9.97 Å². The predicted molar refractivity (Wildman–Crippen MR) is 54.7 cm³/mol. The van der Waals surface area contributed by atoms with Crippen molar-refractivity contribution in [2.75, 3.05) is 0 Å². The SMILES string of the molecule is CC(C)Cc1nccnc1C(C)C. The minimum Gasteiger partial charge on any atom is -0.258 e. The van der Waals surface area contributed by atoms with Crippen LogP contribution in [0.25, 0.3) is 0 Å². The van der Waals surface area contributed by atoms with Crippen molar-refractivity contribution in [3.63, 3.8) is 0 Å². The van der Waals surface area contributed by atoms with Gasteiger partial charge in [-0.15, -0.1) is 0 Å². The average molecular weight is 178 g/mol. The summed E-state index contributed by atoms with van der Waals surface area (Å²) < 4.78 is 0. The van der Waals surface area contributed by atoms with E-state index in [1.165, 1.54) is 0 Å². The summed E-state index contributed by atoms with van der Waals surface area (Å²) in [6, 6.07) is 0. The lowest BCUT2D eigenvalue weighted by molar-refractivity contribution is 0.618. The van der Waals surface area contributed by atoms with Gasteiger partial charge in [0.15, 0.2) is 0 Å². The molecule has 0 aromatic carbocycles. The molecular weight excluding hydrogens is 160 g/mol. The number of hydrogen-bond donors (Lipinski definition) is 0. The molecule has 2 heteroatoms. The molecule has 0 N–H and O–H groups in total. The maximum Gasteiger partial charge on any atom is 0.0644 e. The van der Waals surface area contributed by atoms with Gasteiger partial charge in [0.05, 0.1) is 11.4 Å². The first-order valence-electron chi connectivity index (χ1n) is 4.91. The van der Waals surface area contributed by atoms with E-state index in [1.807, 2.05) is 0 Å². The van der Waals surface area contributed by atoms with Gasteiger partial charge in [-0.25, -0.2) is 0 Å². The van der Waals surface area contributed by atoms with Crippen molar-refractivity contribution < 1.29 is 0 Å². The van der Waals surface area contributed by atoms with Crippen LogP contribution in [-0.2, 0) is 6.42 Å². The second-order valence-electron chi connectivity index (χ2n) is 4.14. The van der Waals surface area contributed by atoms with Crippen molar-refractivity contribution in [2.45, 2.75) is 40.0 Å².